The SMILES string of the molecule is Cc1cc(=O)c2c([nH]1)N(c1ccc(OC(C)C)cc1C)CC2. The van der Waals surface area contributed by atoms with Crippen molar-refractivity contribution in [3.05, 3.63) is 51.3 Å². The summed E-state index contributed by atoms with van der Waals surface area (Å²) in [5, 5.41) is 0. The number of benzene rings is 1. The van der Waals surface area contributed by atoms with E-state index in [0.29, 0.717) is 0 Å². The van der Waals surface area contributed by atoms with Crippen molar-refractivity contribution in [3.63, 3.8) is 0 Å². The van der Waals surface area contributed by atoms with Crippen LogP contribution in [0.3, 0.4) is 0 Å². The van der Waals surface area contributed by atoms with Crippen molar-refractivity contribution in [1.29, 1.82) is 0 Å². The third-order valence-electron chi connectivity index (χ3n) is 3.93. The zero-order valence-corrected chi connectivity index (χ0v) is 13.6. The van der Waals surface area contributed by atoms with Crippen molar-refractivity contribution >= 4 is 11.5 Å². The summed E-state index contributed by atoms with van der Waals surface area (Å²) >= 11 is 0. The molecule has 1 N–H and O–H groups in total. The third-order valence-corrected chi connectivity index (χ3v) is 3.93. The van der Waals surface area contributed by atoms with Gasteiger partial charge in [0.2, 0.25) is 0 Å². The fourth-order valence-electron chi connectivity index (χ4n) is 3.02. The van der Waals surface area contributed by atoms with Crippen LogP contribution in [0.4, 0.5) is 11.5 Å². The van der Waals surface area contributed by atoms with E-state index in [-0.39, 0.29) is 11.5 Å². The van der Waals surface area contributed by atoms with Crippen LogP contribution in [-0.4, -0.2) is 17.6 Å². The Balaban J connectivity index is 1.99. The van der Waals surface area contributed by atoms with Crippen LogP contribution in [0.5, 0.6) is 5.75 Å². The van der Waals surface area contributed by atoms with E-state index < -0.39 is 0 Å². The monoisotopic (exact) mass is 298 g/mol. The molecule has 116 valence electrons. The van der Waals surface area contributed by atoms with E-state index in [4.69, 9.17) is 4.74 Å². The lowest BCUT2D eigenvalue weighted by molar-refractivity contribution is 0.242. The summed E-state index contributed by atoms with van der Waals surface area (Å²) in [7, 11) is 0. The fourth-order valence-corrected chi connectivity index (χ4v) is 3.02. The highest BCUT2D eigenvalue weighted by Crippen LogP contribution is 2.34. The standard InChI is InChI=1S/C18H22N2O2/c1-11(2)22-14-5-6-16(12(3)9-14)20-8-7-15-17(21)10-13(4)19-18(15)20/h5-6,9-11H,7-8H2,1-4H3,(H,19,21). The van der Waals surface area contributed by atoms with Crippen LogP contribution in [0, 0.1) is 13.8 Å². The maximum absolute atomic E-state index is 12.1. The Morgan fingerprint density at radius 2 is 2.00 bits per heavy atom. The lowest BCUT2D eigenvalue weighted by Gasteiger charge is -2.22. The second kappa shape index (κ2) is 5.52. The number of ether oxygens (including phenoxy) is 1. The molecule has 0 saturated carbocycles. The topological polar surface area (TPSA) is 45.3 Å². The molecule has 4 nitrogen and oxygen atoms in total. The van der Waals surface area contributed by atoms with Crippen LogP contribution in [0.15, 0.2) is 29.1 Å². The van der Waals surface area contributed by atoms with Crippen LogP contribution in [0.25, 0.3) is 0 Å². The highest BCUT2D eigenvalue weighted by Gasteiger charge is 2.24. The van der Waals surface area contributed by atoms with E-state index in [2.05, 4.69) is 28.9 Å². The number of fused-ring (bicyclic) bond motifs is 1. The lowest BCUT2D eigenvalue weighted by Crippen LogP contribution is -2.16. The summed E-state index contributed by atoms with van der Waals surface area (Å²) < 4.78 is 5.74. The number of aryl methyl sites for hydroxylation is 2. The summed E-state index contributed by atoms with van der Waals surface area (Å²) in [5.41, 5.74) is 4.18. The van der Waals surface area contributed by atoms with Crippen molar-refractivity contribution in [1.82, 2.24) is 4.98 Å². The average Bonchev–Trinajstić information content (AvgIpc) is 2.82. The van der Waals surface area contributed by atoms with Gasteiger partial charge in [-0.15, -0.1) is 0 Å². The number of hydrogen-bond acceptors (Lipinski definition) is 3. The first kappa shape index (κ1) is 14.7. The Labute approximate surface area is 130 Å². The zero-order chi connectivity index (χ0) is 15.9. The molecule has 1 aliphatic rings. The minimum atomic E-state index is 0.131. The first-order valence-electron chi connectivity index (χ1n) is 7.73. The number of aromatic amines is 1. The van der Waals surface area contributed by atoms with Gasteiger partial charge in [-0.05, 0) is 57.9 Å². The Morgan fingerprint density at radius 1 is 1.23 bits per heavy atom. The normalized spacial score (nSPS) is 13.6. The summed E-state index contributed by atoms with van der Waals surface area (Å²) in [6, 6.07) is 7.80. The van der Waals surface area contributed by atoms with Gasteiger partial charge in [-0.3, -0.25) is 4.79 Å². The van der Waals surface area contributed by atoms with Crippen molar-refractivity contribution < 1.29 is 4.74 Å². The molecule has 0 unspecified atom stereocenters. The molecule has 0 radical (unpaired) electrons. The molecule has 2 heterocycles. The van der Waals surface area contributed by atoms with Gasteiger partial charge in [0.15, 0.2) is 5.43 Å². The van der Waals surface area contributed by atoms with Crippen molar-refractivity contribution in [3.8, 4) is 5.75 Å². The molecule has 2 aromatic rings. The Morgan fingerprint density at radius 3 is 2.68 bits per heavy atom. The molecule has 0 fully saturated rings. The van der Waals surface area contributed by atoms with Crippen molar-refractivity contribution in [2.24, 2.45) is 0 Å². The fraction of sp³-hybridized carbons (Fsp3) is 0.389. The Kier molecular flexibility index (Phi) is 3.69. The maximum Gasteiger partial charge on any atom is 0.187 e. The summed E-state index contributed by atoms with van der Waals surface area (Å²) in [6.07, 6.45) is 0.950. The van der Waals surface area contributed by atoms with Gasteiger partial charge in [0, 0.05) is 29.6 Å². The van der Waals surface area contributed by atoms with Gasteiger partial charge in [-0.1, -0.05) is 0 Å². The first-order valence-corrected chi connectivity index (χ1v) is 7.73. The average molecular weight is 298 g/mol. The molecule has 0 amide bonds. The van der Waals surface area contributed by atoms with Gasteiger partial charge in [0.05, 0.1) is 6.10 Å². The molecule has 0 atom stereocenters. The maximum atomic E-state index is 12.1. The van der Waals surface area contributed by atoms with Crippen LogP contribution in [0.1, 0.15) is 30.7 Å². The highest BCUT2D eigenvalue weighted by atomic mass is 16.5. The van der Waals surface area contributed by atoms with Crippen molar-refractivity contribution in [2.45, 2.75) is 40.2 Å². The Bertz CT molecular complexity index is 762. The van der Waals surface area contributed by atoms with Gasteiger partial charge >= 0.3 is 0 Å². The Hall–Kier alpha value is -2.23. The van der Waals surface area contributed by atoms with Gasteiger partial charge < -0.3 is 14.6 Å². The van der Waals surface area contributed by atoms with Crippen LogP contribution in [0.2, 0.25) is 0 Å². The molecule has 0 saturated heterocycles. The van der Waals surface area contributed by atoms with Gasteiger partial charge in [0.1, 0.15) is 11.6 Å². The first-order chi connectivity index (χ1) is 10.5. The second-order valence-electron chi connectivity index (χ2n) is 6.16. The smallest absolute Gasteiger partial charge is 0.187 e. The second-order valence-corrected chi connectivity index (χ2v) is 6.16. The predicted molar refractivity (Wildman–Crippen MR) is 89.5 cm³/mol. The molecule has 0 spiro atoms. The molecule has 0 aliphatic carbocycles. The van der Waals surface area contributed by atoms with E-state index in [9.17, 15) is 4.79 Å². The van der Waals surface area contributed by atoms with Gasteiger partial charge in [-0.2, -0.15) is 0 Å². The minimum absolute atomic E-state index is 0.131. The van der Waals surface area contributed by atoms with E-state index in [1.165, 1.54) is 0 Å². The number of anilines is 2. The number of pyridine rings is 1. The molecule has 1 aliphatic heterocycles. The zero-order valence-electron chi connectivity index (χ0n) is 13.6. The molecule has 22 heavy (non-hydrogen) atoms. The minimum Gasteiger partial charge on any atom is -0.491 e. The molecule has 1 aromatic heterocycles. The number of nitrogens with zero attached hydrogens (tertiary/aromatic N) is 1. The number of aromatic nitrogens is 1. The summed E-state index contributed by atoms with van der Waals surface area (Å²) in [4.78, 5) is 17.6. The molecular formula is C18H22N2O2. The lowest BCUT2D eigenvalue weighted by atomic mass is 10.1. The molecule has 3 rings (SSSR count). The third kappa shape index (κ3) is 2.61. The molecular weight excluding hydrogens is 276 g/mol. The van der Waals surface area contributed by atoms with Crippen LogP contribution < -0.4 is 15.1 Å². The van der Waals surface area contributed by atoms with Crippen molar-refractivity contribution in [2.75, 3.05) is 11.4 Å². The number of hydrogen-bond donors (Lipinski definition) is 1. The largest absolute Gasteiger partial charge is 0.491 e. The highest BCUT2D eigenvalue weighted by molar-refractivity contribution is 5.69. The summed E-state index contributed by atoms with van der Waals surface area (Å²) in [5.74, 6) is 1.82. The van der Waals surface area contributed by atoms with Gasteiger partial charge in [0.25, 0.3) is 0 Å². The van der Waals surface area contributed by atoms with E-state index in [1.807, 2.05) is 26.8 Å². The van der Waals surface area contributed by atoms with Gasteiger partial charge in [-0.25, -0.2) is 0 Å². The van der Waals surface area contributed by atoms with Crippen LogP contribution in [-0.2, 0) is 6.42 Å². The molecule has 0 bridgehead atoms. The number of nitrogens with one attached hydrogen (secondary N) is 1. The van der Waals surface area contributed by atoms with E-state index in [1.54, 1.807) is 6.07 Å². The molecule has 1 aromatic carbocycles. The predicted octanol–water partition coefficient (Wildman–Crippen LogP) is 3.47. The summed E-state index contributed by atoms with van der Waals surface area (Å²) in [6.45, 7) is 8.87. The van der Waals surface area contributed by atoms with E-state index >= 15 is 0 Å². The quantitative estimate of drug-likeness (QED) is 0.943. The number of H-pyrrole nitrogens is 1. The molecule has 4 heteroatoms. The van der Waals surface area contributed by atoms with Crippen LogP contribution >= 0.6 is 0 Å². The number of rotatable bonds is 3. The van der Waals surface area contributed by atoms with E-state index in [0.717, 1.165) is 47.0 Å².